The molecule has 3 aliphatic rings. The lowest BCUT2D eigenvalue weighted by molar-refractivity contribution is 0.398. The molecule has 20 heavy (non-hydrogen) atoms. The van der Waals surface area contributed by atoms with Crippen molar-refractivity contribution in [2.24, 2.45) is 23.7 Å². The minimum Gasteiger partial charge on any atom is -0.481 e. The van der Waals surface area contributed by atoms with Crippen molar-refractivity contribution >= 4 is 23.4 Å². The molecule has 3 aliphatic carbocycles. The van der Waals surface area contributed by atoms with E-state index in [0.29, 0.717) is 11.9 Å². The van der Waals surface area contributed by atoms with Crippen LogP contribution in [0.15, 0.2) is 12.1 Å². The number of nitrogens with one attached hydrogen (secondary N) is 1. The van der Waals surface area contributed by atoms with Crippen molar-refractivity contribution in [2.45, 2.75) is 25.3 Å². The molecule has 2 aromatic rings. The summed E-state index contributed by atoms with van der Waals surface area (Å²) in [5, 5.41) is 0. The van der Waals surface area contributed by atoms with Crippen molar-refractivity contribution in [1.29, 1.82) is 0 Å². The standard InChI is InChI=1S/C15H17N3OS/c1-19-10-5-4-9-14(17-10)18(15(20)16-9)13-11-7-2-3-8(6-7)12(11)13/h4-5,7-8,11-13H,2-3,6H2,1H3,(H,16,20). The largest absolute Gasteiger partial charge is 0.481 e. The van der Waals surface area contributed by atoms with E-state index in [1.807, 2.05) is 12.1 Å². The Morgan fingerprint density at radius 3 is 2.75 bits per heavy atom. The summed E-state index contributed by atoms with van der Waals surface area (Å²) < 4.78 is 8.35. The maximum atomic E-state index is 5.55. The lowest BCUT2D eigenvalue weighted by atomic mass is 10.0. The average Bonchev–Trinajstić information content (AvgIpc) is 2.80. The summed E-state index contributed by atoms with van der Waals surface area (Å²) in [5.74, 6) is 4.24. The number of nitrogens with zero attached hydrogens (tertiary/aromatic N) is 2. The Labute approximate surface area is 122 Å². The van der Waals surface area contributed by atoms with Crippen molar-refractivity contribution in [3.63, 3.8) is 0 Å². The molecule has 104 valence electrons. The molecule has 0 spiro atoms. The quantitative estimate of drug-likeness (QED) is 0.862. The van der Waals surface area contributed by atoms with E-state index in [1.165, 1.54) is 19.3 Å². The molecular weight excluding hydrogens is 270 g/mol. The minimum absolute atomic E-state index is 0.585. The second-order valence-corrected chi connectivity index (χ2v) is 6.89. The molecule has 4 atom stereocenters. The van der Waals surface area contributed by atoms with Crippen LogP contribution in [0.4, 0.5) is 0 Å². The summed E-state index contributed by atoms with van der Waals surface area (Å²) in [6.07, 6.45) is 4.31. The summed E-state index contributed by atoms with van der Waals surface area (Å²) in [6.45, 7) is 0. The van der Waals surface area contributed by atoms with Gasteiger partial charge >= 0.3 is 0 Å². The van der Waals surface area contributed by atoms with E-state index in [4.69, 9.17) is 17.0 Å². The maximum absolute atomic E-state index is 5.55. The second-order valence-electron chi connectivity index (χ2n) is 6.50. The van der Waals surface area contributed by atoms with Crippen molar-refractivity contribution in [3.05, 3.63) is 16.9 Å². The summed E-state index contributed by atoms with van der Waals surface area (Å²) in [4.78, 5) is 7.92. The predicted octanol–water partition coefficient (Wildman–Crippen LogP) is 3.32. The minimum atomic E-state index is 0.585. The molecule has 4 unspecified atom stereocenters. The number of ether oxygens (including phenoxy) is 1. The lowest BCUT2D eigenvalue weighted by Crippen LogP contribution is -2.06. The number of pyridine rings is 1. The van der Waals surface area contributed by atoms with Gasteiger partial charge in [-0.25, -0.2) is 0 Å². The molecule has 5 rings (SSSR count). The zero-order valence-electron chi connectivity index (χ0n) is 11.4. The van der Waals surface area contributed by atoms with E-state index in [9.17, 15) is 0 Å². The van der Waals surface area contributed by atoms with Crippen molar-refractivity contribution in [2.75, 3.05) is 7.11 Å². The molecule has 3 saturated carbocycles. The first kappa shape index (κ1) is 11.3. The Morgan fingerprint density at radius 2 is 2.05 bits per heavy atom. The molecule has 2 aromatic heterocycles. The van der Waals surface area contributed by atoms with Crippen LogP contribution in [-0.2, 0) is 0 Å². The Morgan fingerprint density at radius 1 is 1.30 bits per heavy atom. The van der Waals surface area contributed by atoms with Crippen LogP contribution < -0.4 is 4.74 Å². The van der Waals surface area contributed by atoms with Crippen molar-refractivity contribution in [1.82, 2.24) is 14.5 Å². The third-order valence-corrected chi connectivity index (χ3v) is 6.04. The SMILES string of the molecule is COc1ccc2[nH]c(=S)n(C3C4C5CCC(C5)C43)c2n1. The van der Waals surface area contributed by atoms with Crippen molar-refractivity contribution in [3.8, 4) is 5.88 Å². The van der Waals surface area contributed by atoms with E-state index in [-0.39, 0.29) is 0 Å². The number of imidazole rings is 1. The summed E-state index contributed by atoms with van der Waals surface area (Å²) in [5.41, 5.74) is 1.99. The molecule has 5 heteroatoms. The van der Waals surface area contributed by atoms with Crippen LogP contribution >= 0.6 is 12.2 Å². The van der Waals surface area contributed by atoms with Gasteiger partial charge in [0.05, 0.1) is 12.6 Å². The Balaban J connectivity index is 1.66. The van der Waals surface area contributed by atoms with Crippen LogP contribution in [-0.4, -0.2) is 21.6 Å². The molecule has 2 heterocycles. The van der Waals surface area contributed by atoms with E-state index in [2.05, 4.69) is 14.5 Å². The molecule has 0 saturated heterocycles. The number of rotatable bonds is 2. The number of hydrogen-bond acceptors (Lipinski definition) is 3. The Hall–Kier alpha value is -1.36. The van der Waals surface area contributed by atoms with Gasteiger partial charge in [-0.3, -0.25) is 4.57 Å². The topological polar surface area (TPSA) is 42.8 Å². The van der Waals surface area contributed by atoms with Gasteiger partial charge in [0, 0.05) is 12.1 Å². The summed E-state index contributed by atoms with van der Waals surface area (Å²) in [7, 11) is 1.66. The molecular formula is C15H17N3OS. The van der Waals surface area contributed by atoms with Gasteiger partial charge < -0.3 is 9.72 Å². The monoisotopic (exact) mass is 287 g/mol. The highest BCUT2D eigenvalue weighted by Gasteiger charge is 2.66. The average molecular weight is 287 g/mol. The van der Waals surface area contributed by atoms with Gasteiger partial charge in [-0.2, -0.15) is 4.98 Å². The number of methoxy groups -OCH3 is 1. The van der Waals surface area contributed by atoms with Crippen LogP contribution in [0.1, 0.15) is 25.3 Å². The van der Waals surface area contributed by atoms with E-state index >= 15 is 0 Å². The molecule has 1 N–H and O–H groups in total. The first-order valence-corrected chi connectivity index (χ1v) is 7.84. The molecule has 3 fully saturated rings. The van der Waals surface area contributed by atoms with E-state index in [0.717, 1.165) is 39.6 Å². The predicted molar refractivity (Wildman–Crippen MR) is 78.3 cm³/mol. The first-order chi connectivity index (χ1) is 9.78. The molecule has 0 radical (unpaired) electrons. The van der Waals surface area contributed by atoms with Gasteiger partial charge in [0.2, 0.25) is 5.88 Å². The Kier molecular flexibility index (Phi) is 2.06. The fourth-order valence-corrected chi connectivity index (χ4v) is 5.32. The summed E-state index contributed by atoms with van der Waals surface area (Å²) in [6, 6.07) is 4.48. The highest BCUT2D eigenvalue weighted by molar-refractivity contribution is 7.71. The van der Waals surface area contributed by atoms with Gasteiger partial charge in [0.25, 0.3) is 0 Å². The van der Waals surface area contributed by atoms with Gasteiger partial charge in [-0.05, 0) is 61.2 Å². The van der Waals surface area contributed by atoms with Crippen LogP contribution in [0, 0.1) is 28.4 Å². The normalized spacial score (nSPS) is 37.4. The van der Waals surface area contributed by atoms with Crippen LogP contribution in [0.2, 0.25) is 0 Å². The van der Waals surface area contributed by atoms with Gasteiger partial charge in [0.1, 0.15) is 0 Å². The van der Waals surface area contributed by atoms with Crippen LogP contribution in [0.25, 0.3) is 11.2 Å². The maximum Gasteiger partial charge on any atom is 0.215 e. The fraction of sp³-hybridized carbons (Fsp3) is 0.600. The molecule has 4 nitrogen and oxygen atoms in total. The zero-order valence-corrected chi connectivity index (χ0v) is 12.2. The number of H-pyrrole nitrogens is 1. The van der Waals surface area contributed by atoms with Crippen LogP contribution in [0.3, 0.4) is 0 Å². The highest BCUT2D eigenvalue weighted by Crippen LogP contribution is 2.71. The molecule has 0 amide bonds. The first-order valence-electron chi connectivity index (χ1n) is 7.43. The van der Waals surface area contributed by atoms with Gasteiger partial charge in [-0.15, -0.1) is 0 Å². The summed E-state index contributed by atoms with van der Waals surface area (Å²) >= 11 is 5.55. The highest BCUT2D eigenvalue weighted by atomic mass is 32.1. The third-order valence-electron chi connectivity index (χ3n) is 5.74. The molecule has 0 aliphatic heterocycles. The van der Waals surface area contributed by atoms with Crippen molar-refractivity contribution < 1.29 is 4.74 Å². The van der Waals surface area contributed by atoms with E-state index < -0.39 is 0 Å². The zero-order chi connectivity index (χ0) is 13.4. The Bertz CT molecular complexity index is 748. The third kappa shape index (κ3) is 1.27. The van der Waals surface area contributed by atoms with E-state index in [1.54, 1.807) is 7.11 Å². The number of aromatic amines is 1. The number of aromatic nitrogens is 3. The smallest absolute Gasteiger partial charge is 0.215 e. The van der Waals surface area contributed by atoms with Crippen LogP contribution in [0.5, 0.6) is 5.88 Å². The van der Waals surface area contributed by atoms with Gasteiger partial charge in [0.15, 0.2) is 10.4 Å². The fourth-order valence-electron chi connectivity index (χ4n) is 5.00. The van der Waals surface area contributed by atoms with Gasteiger partial charge in [-0.1, -0.05) is 0 Å². The second kappa shape index (κ2) is 3.64. The number of hydrogen-bond donors (Lipinski definition) is 1. The molecule has 0 aromatic carbocycles. The lowest BCUT2D eigenvalue weighted by Gasteiger charge is -2.10. The number of fused-ring (bicyclic) bond motifs is 6. The molecule has 2 bridgehead atoms.